The van der Waals surface area contributed by atoms with Crippen molar-refractivity contribution in [1.29, 1.82) is 0 Å². The number of carboxylic acid groups (broad SMARTS) is 1. The lowest BCUT2D eigenvalue weighted by Gasteiger charge is -2.16. The Balaban J connectivity index is 1.90. The van der Waals surface area contributed by atoms with Crippen molar-refractivity contribution in [3.63, 3.8) is 0 Å². The zero-order valence-electron chi connectivity index (χ0n) is 10.3. The summed E-state index contributed by atoms with van der Waals surface area (Å²) in [6, 6.07) is 0. The lowest BCUT2D eigenvalue weighted by atomic mass is 9.96. The number of carboxylic acids is 1. The molecule has 0 saturated heterocycles. The highest BCUT2D eigenvalue weighted by molar-refractivity contribution is 5.92. The fraction of sp³-hybridized carbons (Fsp3) is 0.583. The molecule has 98 valence electrons. The number of imidazole rings is 1. The quantitative estimate of drug-likeness (QED) is 0.823. The Morgan fingerprint density at radius 3 is 2.94 bits per heavy atom. The Morgan fingerprint density at radius 1 is 1.56 bits per heavy atom. The number of rotatable bonds is 4. The number of aromatic nitrogens is 2. The number of carbonyl (C=O) groups is 2. The summed E-state index contributed by atoms with van der Waals surface area (Å²) in [5.41, 5.74) is 0.486. The summed E-state index contributed by atoms with van der Waals surface area (Å²) >= 11 is 0. The molecule has 0 radical (unpaired) electrons. The van der Waals surface area contributed by atoms with Gasteiger partial charge in [-0.05, 0) is 18.8 Å². The Hall–Kier alpha value is -1.85. The fourth-order valence-corrected chi connectivity index (χ4v) is 2.50. The number of nitrogens with one attached hydrogen (secondary N) is 1. The SMILES string of the molecule is Cn1cncc1C(=O)NCC1CCCC1C(=O)O. The largest absolute Gasteiger partial charge is 0.481 e. The molecule has 0 bridgehead atoms. The van der Waals surface area contributed by atoms with Crippen LogP contribution in [0.15, 0.2) is 12.5 Å². The van der Waals surface area contributed by atoms with Crippen LogP contribution in [-0.4, -0.2) is 33.1 Å². The monoisotopic (exact) mass is 251 g/mol. The standard InChI is InChI=1S/C12H17N3O3/c1-15-7-13-6-10(15)11(16)14-5-8-3-2-4-9(8)12(17)18/h6-9H,2-5H2,1H3,(H,14,16)(H,17,18). The predicted molar refractivity (Wildman–Crippen MR) is 64.0 cm³/mol. The zero-order chi connectivity index (χ0) is 13.1. The summed E-state index contributed by atoms with van der Waals surface area (Å²) in [4.78, 5) is 26.7. The summed E-state index contributed by atoms with van der Waals surface area (Å²) in [6.07, 6.45) is 5.55. The van der Waals surface area contributed by atoms with Crippen LogP contribution in [0.5, 0.6) is 0 Å². The molecular weight excluding hydrogens is 234 g/mol. The van der Waals surface area contributed by atoms with Gasteiger partial charge in [-0.3, -0.25) is 9.59 Å². The molecule has 1 amide bonds. The van der Waals surface area contributed by atoms with Crippen LogP contribution in [0.25, 0.3) is 0 Å². The van der Waals surface area contributed by atoms with Crippen LogP contribution in [-0.2, 0) is 11.8 Å². The van der Waals surface area contributed by atoms with Crippen molar-refractivity contribution in [3.8, 4) is 0 Å². The molecule has 2 rings (SSSR count). The van der Waals surface area contributed by atoms with Crippen LogP contribution in [0.2, 0.25) is 0 Å². The average Bonchev–Trinajstić information content (AvgIpc) is 2.94. The van der Waals surface area contributed by atoms with Gasteiger partial charge in [-0.2, -0.15) is 0 Å². The first-order chi connectivity index (χ1) is 8.59. The Kier molecular flexibility index (Phi) is 3.64. The Labute approximate surface area is 105 Å². The summed E-state index contributed by atoms with van der Waals surface area (Å²) in [7, 11) is 1.75. The van der Waals surface area contributed by atoms with E-state index in [1.165, 1.54) is 6.20 Å². The average molecular weight is 251 g/mol. The van der Waals surface area contributed by atoms with Crippen molar-refractivity contribution >= 4 is 11.9 Å². The van der Waals surface area contributed by atoms with Crippen LogP contribution < -0.4 is 5.32 Å². The van der Waals surface area contributed by atoms with E-state index in [2.05, 4.69) is 10.3 Å². The molecule has 1 heterocycles. The number of aliphatic carboxylic acids is 1. The lowest BCUT2D eigenvalue weighted by Crippen LogP contribution is -2.33. The molecule has 0 aliphatic heterocycles. The van der Waals surface area contributed by atoms with Gasteiger partial charge in [0.2, 0.25) is 0 Å². The van der Waals surface area contributed by atoms with Gasteiger partial charge in [0, 0.05) is 13.6 Å². The predicted octanol–water partition coefficient (Wildman–Crippen LogP) is 0.651. The summed E-state index contributed by atoms with van der Waals surface area (Å²) in [6.45, 7) is 0.418. The summed E-state index contributed by atoms with van der Waals surface area (Å²) < 4.78 is 1.64. The van der Waals surface area contributed by atoms with Crippen LogP contribution in [0.3, 0.4) is 0 Å². The molecule has 0 spiro atoms. The van der Waals surface area contributed by atoms with Crippen LogP contribution >= 0.6 is 0 Å². The maximum Gasteiger partial charge on any atom is 0.306 e. The zero-order valence-corrected chi connectivity index (χ0v) is 10.3. The molecule has 6 nitrogen and oxygen atoms in total. The highest BCUT2D eigenvalue weighted by Crippen LogP contribution is 2.31. The Morgan fingerprint density at radius 2 is 2.33 bits per heavy atom. The van der Waals surface area contributed by atoms with Gasteiger partial charge in [0.1, 0.15) is 5.69 Å². The smallest absolute Gasteiger partial charge is 0.306 e. The first-order valence-electron chi connectivity index (χ1n) is 6.07. The van der Waals surface area contributed by atoms with Gasteiger partial charge in [-0.25, -0.2) is 4.98 Å². The van der Waals surface area contributed by atoms with E-state index in [-0.39, 0.29) is 17.7 Å². The van der Waals surface area contributed by atoms with Crippen LogP contribution in [0.4, 0.5) is 0 Å². The van der Waals surface area contributed by atoms with E-state index in [1.54, 1.807) is 17.9 Å². The van der Waals surface area contributed by atoms with Crippen molar-refractivity contribution in [1.82, 2.24) is 14.9 Å². The molecule has 1 aliphatic rings. The molecule has 6 heteroatoms. The first kappa shape index (κ1) is 12.6. The molecule has 2 atom stereocenters. The lowest BCUT2D eigenvalue weighted by molar-refractivity contribution is -0.142. The van der Waals surface area contributed by atoms with Gasteiger partial charge in [-0.1, -0.05) is 6.42 Å². The number of carbonyl (C=O) groups excluding carboxylic acids is 1. The molecule has 2 N–H and O–H groups in total. The third-order valence-electron chi connectivity index (χ3n) is 3.55. The van der Waals surface area contributed by atoms with E-state index in [0.717, 1.165) is 12.8 Å². The minimum Gasteiger partial charge on any atom is -0.481 e. The van der Waals surface area contributed by atoms with Crippen molar-refractivity contribution in [2.75, 3.05) is 6.54 Å². The van der Waals surface area contributed by atoms with Gasteiger partial charge in [0.05, 0.1) is 18.4 Å². The fourth-order valence-electron chi connectivity index (χ4n) is 2.50. The summed E-state index contributed by atoms with van der Waals surface area (Å²) in [5.74, 6) is -1.24. The number of aryl methyl sites for hydroxylation is 1. The normalized spacial score (nSPS) is 22.9. The van der Waals surface area contributed by atoms with E-state index < -0.39 is 5.97 Å². The highest BCUT2D eigenvalue weighted by atomic mass is 16.4. The number of hydrogen-bond acceptors (Lipinski definition) is 3. The maximum absolute atomic E-state index is 11.8. The molecule has 1 aromatic heterocycles. The Bertz CT molecular complexity index is 455. The van der Waals surface area contributed by atoms with E-state index in [1.807, 2.05) is 0 Å². The minimum atomic E-state index is -0.757. The first-order valence-corrected chi connectivity index (χ1v) is 6.07. The van der Waals surface area contributed by atoms with Gasteiger partial charge >= 0.3 is 5.97 Å². The van der Waals surface area contributed by atoms with E-state index in [4.69, 9.17) is 5.11 Å². The molecule has 1 aliphatic carbocycles. The van der Waals surface area contributed by atoms with Gasteiger partial charge < -0.3 is 15.0 Å². The molecule has 1 aromatic rings. The van der Waals surface area contributed by atoms with Crippen molar-refractivity contribution < 1.29 is 14.7 Å². The maximum atomic E-state index is 11.8. The topological polar surface area (TPSA) is 84.2 Å². The molecule has 0 aromatic carbocycles. The molecule has 1 saturated carbocycles. The van der Waals surface area contributed by atoms with Gasteiger partial charge in [0.15, 0.2) is 0 Å². The molecule has 18 heavy (non-hydrogen) atoms. The second kappa shape index (κ2) is 5.20. The van der Waals surface area contributed by atoms with E-state index >= 15 is 0 Å². The molecule has 2 unspecified atom stereocenters. The minimum absolute atomic E-state index is 0.0414. The van der Waals surface area contributed by atoms with Crippen LogP contribution in [0.1, 0.15) is 29.8 Å². The van der Waals surface area contributed by atoms with Gasteiger partial charge in [-0.15, -0.1) is 0 Å². The second-order valence-electron chi connectivity index (χ2n) is 4.74. The highest BCUT2D eigenvalue weighted by Gasteiger charge is 2.32. The molecule has 1 fully saturated rings. The van der Waals surface area contributed by atoms with E-state index in [0.29, 0.717) is 18.7 Å². The number of hydrogen-bond donors (Lipinski definition) is 2. The van der Waals surface area contributed by atoms with Crippen molar-refractivity contribution in [2.45, 2.75) is 19.3 Å². The second-order valence-corrected chi connectivity index (χ2v) is 4.74. The molecular formula is C12H17N3O3. The van der Waals surface area contributed by atoms with Crippen molar-refractivity contribution in [2.24, 2.45) is 18.9 Å². The third-order valence-corrected chi connectivity index (χ3v) is 3.55. The third kappa shape index (κ3) is 2.52. The van der Waals surface area contributed by atoms with Crippen molar-refractivity contribution in [3.05, 3.63) is 18.2 Å². The van der Waals surface area contributed by atoms with E-state index in [9.17, 15) is 9.59 Å². The van der Waals surface area contributed by atoms with Gasteiger partial charge in [0.25, 0.3) is 5.91 Å². The number of nitrogens with zero attached hydrogens (tertiary/aromatic N) is 2. The summed E-state index contributed by atoms with van der Waals surface area (Å²) in [5, 5.41) is 11.8. The number of amides is 1. The van der Waals surface area contributed by atoms with Crippen LogP contribution in [0, 0.1) is 11.8 Å².